The maximum Gasteiger partial charge on any atom is 0.325 e. The molecule has 0 atom stereocenters. The minimum Gasteiger partial charge on any atom is -0.313 e. The number of benzene rings is 1. The molecule has 3 aromatic heterocycles. The molecule has 4 aromatic rings. The molecule has 140 valence electrons. The third-order valence-corrected chi connectivity index (χ3v) is 4.37. The lowest BCUT2D eigenvalue weighted by atomic mass is 10.0. The van der Waals surface area contributed by atoms with Gasteiger partial charge in [-0.25, -0.2) is 4.79 Å². The van der Waals surface area contributed by atoms with Crippen LogP contribution in [-0.4, -0.2) is 19.5 Å². The van der Waals surface area contributed by atoms with Crippen molar-refractivity contribution in [2.24, 2.45) is 0 Å². The van der Waals surface area contributed by atoms with Gasteiger partial charge in [-0.15, -0.1) is 0 Å². The van der Waals surface area contributed by atoms with Gasteiger partial charge in [0.15, 0.2) is 0 Å². The normalized spacial score (nSPS) is 10.4. The SMILES string of the molecule is N#Cc1cccc(-c2cc(-c3c[nH]c(=O)[nH]c3=O)cn(-c3cccnc3)c2=O)c1. The van der Waals surface area contributed by atoms with E-state index in [0.29, 0.717) is 27.9 Å². The van der Waals surface area contributed by atoms with Crippen LogP contribution in [0.4, 0.5) is 0 Å². The van der Waals surface area contributed by atoms with Crippen LogP contribution in [0, 0.1) is 11.3 Å². The lowest BCUT2D eigenvalue weighted by Crippen LogP contribution is -2.24. The highest BCUT2D eigenvalue weighted by Gasteiger charge is 2.14. The van der Waals surface area contributed by atoms with E-state index in [9.17, 15) is 19.6 Å². The van der Waals surface area contributed by atoms with E-state index in [-0.39, 0.29) is 11.1 Å². The Morgan fingerprint density at radius 1 is 1.00 bits per heavy atom. The van der Waals surface area contributed by atoms with Crippen LogP contribution in [0.15, 0.2) is 81.6 Å². The van der Waals surface area contributed by atoms with Crippen molar-refractivity contribution in [2.45, 2.75) is 0 Å². The number of hydrogen-bond donors (Lipinski definition) is 2. The highest BCUT2D eigenvalue weighted by atomic mass is 16.2. The molecule has 0 spiro atoms. The van der Waals surface area contributed by atoms with Crippen LogP contribution in [0.3, 0.4) is 0 Å². The monoisotopic (exact) mass is 383 g/mol. The molecule has 0 amide bonds. The van der Waals surface area contributed by atoms with Gasteiger partial charge in [-0.1, -0.05) is 12.1 Å². The van der Waals surface area contributed by atoms with Crippen molar-refractivity contribution in [2.75, 3.05) is 0 Å². The van der Waals surface area contributed by atoms with E-state index < -0.39 is 11.2 Å². The van der Waals surface area contributed by atoms with Gasteiger partial charge < -0.3 is 4.98 Å². The quantitative estimate of drug-likeness (QED) is 0.558. The molecule has 3 heterocycles. The van der Waals surface area contributed by atoms with Gasteiger partial charge in [0, 0.05) is 29.7 Å². The molecule has 2 N–H and O–H groups in total. The van der Waals surface area contributed by atoms with Crippen molar-refractivity contribution < 1.29 is 0 Å². The molecule has 29 heavy (non-hydrogen) atoms. The lowest BCUT2D eigenvalue weighted by molar-refractivity contribution is 0.978. The van der Waals surface area contributed by atoms with Crippen molar-refractivity contribution in [3.8, 4) is 34.0 Å². The average Bonchev–Trinajstić information content (AvgIpc) is 2.75. The summed E-state index contributed by atoms with van der Waals surface area (Å²) in [4.78, 5) is 45.5. The minimum atomic E-state index is -0.624. The summed E-state index contributed by atoms with van der Waals surface area (Å²) in [5.41, 5.74) is 0.826. The van der Waals surface area contributed by atoms with Crippen molar-refractivity contribution in [3.05, 3.63) is 104 Å². The standard InChI is InChI=1S/C21H13N5O3/c22-9-13-3-1-4-14(7-13)17-8-15(18-11-24-21(29)25-19(18)27)12-26(20(17)28)16-5-2-6-23-10-16/h1-8,10-12H,(H2,24,25,27,29). The van der Waals surface area contributed by atoms with Gasteiger partial charge in [-0.2, -0.15) is 5.26 Å². The number of nitrogens with one attached hydrogen (secondary N) is 2. The van der Waals surface area contributed by atoms with E-state index in [2.05, 4.69) is 21.0 Å². The number of aromatic amines is 2. The fourth-order valence-corrected chi connectivity index (χ4v) is 3.00. The molecule has 0 aliphatic rings. The molecule has 0 saturated heterocycles. The van der Waals surface area contributed by atoms with Gasteiger partial charge in [0.2, 0.25) is 0 Å². The zero-order valence-corrected chi connectivity index (χ0v) is 14.9. The molecule has 8 heteroatoms. The first-order valence-corrected chi connectivity index (χ1v) is 8.57. The summed E-state index contributed by atoms with van der Waals surface area (Å²) in [6.45, 7) is 0. The Morgan fingerprint density at radius 3 is 2.59 bits per heavy atom. The van der Waals surface area contributed by atoms with Crippen molar-refractivity contribution in [1.29, 1.82) is 5.26 Å². The summed E-state index contributed by atoms with van der Waals surface area (Å²) in [5.74, 6) is 0. The average molecular weight is 383 g/mol. The summed E-state index contributed by atoms with van der Waals surface area (Å²) in [6, 6.07) is 13.7. The van der Waals surface area contributed by atoms with E-state index >= 15 is 0 Å². The Morgan fingerprint density at radius 2 is 1.86 bits per heavy atom. The van der Waals surface area contributed by atoms with Gasteiger partial charge in [0.05, 0.1) is 29.1 Å². The third-order valence-electron chi connectivity index (χ3n) is 4.37. The maximum atomic E-state index is 13.2. The molecular formula is C21H13N5O3. The Balaban J connectivity index is 2.05. The van der Waals surface area contributed by atoms with Crippen LogP contribution in [0.25, 0.3) is 27.9 Å². The summed E-state index contributed by atoms with van der Waals surface area (Å²) < 4.78 is 1.38. The number of rotatable bonds is 3. The second-order valence-corrected chi connectivity index (χ2v) is 6.21. The van der Waals surface area contributed by atoms with Crippen LogP contribution in [0.1, 0.15) is 5.56 Å². The van der Waals surface area contributed by atoms with E-state index in [1.54, 1.807) is 48.7 Å². The molecule has 0 unspecified atom stereocenters. The predicted molar refractivity (Wildman–Crippen MR) is 107 cm³/mol. The maximum absolute atomic E-state index is 13.2. The van der Waals surface area contributed by atoms with Crippen LogP contribution in [0.2, 0.25) is 0 Å². The minimum absolute atomic E-state index is 0.194. The fraction of sp³-hybridized carbons (Fsp3) is 0. The van der Waals surface area contributed by atoms with Gasteiger partial charge in [0.25, 0.3) is 11.1 Å². The van der Waals surface area contributed by atoms with Crippen LogP contribution in [-0.2, 0) is 0 Å². The molecule has 4 rings (SSSR count). The highest BCUT2D eigenvalue weighted by Crippen LogP contribution is 2.23. The third kappa shape index (κ3) is 3.40. The topological polar surface area (TPSA) is 124 Å². The van der Waals surface area contributed by atoms with Gasteiger partial charge >= 0.3 is 5.69 Å². The number of nitrogens with zero attached hydrogens (tertiary/aromatic N) is 3. The molecule has 0 aliphatic heterocycles. The van der Waals surface area contributed by atoms with Crippen LogP contribution in [0.5, 0.6) is 0 Å². The van der Waals surface area contributed by atoms with E-state index in [1.165, 1.54) is 23.2 Å². The van der Waals surface area contributed by atoms with E-state index in [4.69, 9.17) is 0 Å². The largest absolute Gasteiger partial charge is 0.325 e. The smallest absolute Gasteiger partial charge is 0.313 e. The lowest BCUT2D eigenvalue weighted by Gasteiger charge is -2.12. The fourth-order valence-electron chi connectivity index (χ4n) is 3.00. The van der Waals surface area contributed by atoms with Crippen molar-refractivity contribution in [1.82, 2.24) is 19.5 Å². The van der Waals surface area contributed by atoms with Crippen molar-refractivity contribution in [3.63, 3.8) is 0 Å². The Bertz CT molecular complexity index is 1430. The zero-order chi connectivity index (χ0) is 20.4. The zero-order valence-electron chi connectivity index (χ0n) is 14.9. The number of nitriles is 1. The Hall–Kier alpha value is -4.51. The summed E-state index contributed by atoms with van der Waals surface area (Å²) >= 11 is 0. The molecule has 0 radical (unpaired) electrons. The molecular weight excluding hydrogens is 370 g/mol. The second-order valence-electron chi connectivity index (χ2n) is 6.21. The first kappa shape index (κ1) is 17.9. The van der Waals surface area contributed by atoms with Gasteiger partial charge in [-0.05, 0) is 35.9 Å². The van der Waals surface area contributed by atoms with Gasteiger partial charge in [-0.3, -0.25) is 24.1 Å². The number of aromatic nitrogens is 4. The first-order valence-electron chi connectivity index (χ1n) is 8.57. The molecule has 8 nitrogen and oxygen atoms in total. The molecule has 0 aliphatic carbocycles. The molecule has 0 saturated carbocycles. The number of hydrogen-bond acceptors (Lipinski definition) is 5. The summed E-state index contributed by atoms with van der Waals surface area (Å²) in [5, 5.41) is 9.19. The van der Waals surface area contributed by atoms with Gasteiger partial charge in [0.1, 0.15) is 0 Å². The highest BCUT2D eigenvalue weighted by molar-refractivity contribution is 5.72. The first-order chi connectivity index (χ1) is 14.1. The second kappa shape index (κ2) is 7.25. The Labute approximate surface area is 163 Å². The number of pyridine rings is 2. The van der Waals surface area contributed by atoms with E-state index in [0.717, 1.165) is 0 Å². The molecule has 1 aromatic carbocycles. The Kier molecular flexibility index (Phi) is 4.47. The predicted octanol–water partition coefficient (Wildman–Crippen LogP) is 1.81. The summed E-state index contributed by atoms with van der Waals surface area (Å²) in [7, 11) is 0. The van der Waals surface area contributed by atoms with Crippen LogP contribution < -0.4 is 16.8 Å². The number of H-pyrrole nitrogens is 2. The van der Waals surface area contributed by atoms with Crippen molar-refractivity contribution >= 4 is 0 Å². The molecule has 0 bridgehead atoms. The summed E-state index contributed by atoms with van der Waals surface area (Å²) in [6.07, 6.45) is 5.92. The van der Waals surface area contributed by atoms with Crippen LogP contribution >= 0.6 is 0 Å². The molecule has 0 fully saturated rings. The van der Waals surface area contributed by atoms with E-state index in [1.807, 2.05) is 0 Å².